The molecule has 4 aromatic rings. The predicted octanol–water partition coefficient (Wildman–Crippen LogP) is 2.16. The number of aryl methyl sites for hydroxylation is 1. The van der Waals surface area contributed by atoms with Crippen LogP contribution in [0.3, 0.4) is 0 Å². The van der Waals surface area contributed by atoms with Crippen molar-refractivity contribution >= 4 is 16.3 Å². The van der Waals surface area contributed by atoms with Gasteiger partial charge < -0.3 is 9.73 Å². The number of hydrogen-bond donors (Lipinski definition) is 1. The Bertz CT molecular complexity index is 1050. The Kier molecular flexibility index (Phi) is 4.64. The molecule has 0 aliphatic rings. The Balaban J connectivity index is 1.62. The van der Waals surface area contributed by atoms with E-state index >= 15 is 0 Å². The Morgan fingerprint density at radius 2 is 2.08 bits per heavy atom. The summed E-state index contributed by atoms with van der Waals surface area (Å²) in [7, 11) is 0. The highest BCUT2D eigenvalue weighted by atomic mass is 32.1. The minimum absolute atomic E-state index is 0.0131. The van der Waals surface area contributed by atoms with Gasteiger partial charge in [-0.3, -0.25) is 4.79 Å². The van der Waals surface area contributed by atoms with Gasteiger partial charge in [0.05, 0.1) is 6.26 Å². The fourth-order valence-corrected chi connectivity index (χ4v) is 3.78. The van der Waals surface area contributed by atoms with Crippen molar-refractivity contribution in [1.82, 2.24) is 14.6 Å². The van der Waals surface area contributed by atoms with Crippen LogP contribution in [-0.2, 0) is 13.0 Å². The number of benzene rings is 1. The molecular formula is C19H19N4O2S+. The highest BCUT2D eigenvalue weighted by molar-refractivity contribution is 7.16. The smallest absolute Gasteiger partial charge is 0.275 e. The van der Waals surface area contributed by atoms with Crippen LogP contribution in [0.2, 0.25) is 0 Å². The van der Waals surface area contributed by atoms with Gasteiger partial charge in [-0.2, -0.15) is 9.61 Å². The molecule has 0 radical (unpaired) electrons. The van der Waals surface area contributed by atoms with Crippen LogP contribution in [0.4, 0.5) is 0 Å². The molecule has 0 amide bonds. The normalized spacial score (nSPS) is 12.5. The number of quaternary nitrogens is 1. The van der Waals surface area contributed by atoms with Gasteiger partial charge in [0.15, 0.2) is 11.8 Å². The van der Waals surface area contributed by atoms with Crippen molar-refractivity contribution in [3.8, 4) is 0 Å². The maximum absolute atomic E-state index is 12.3. The molecule has 6 nitrogen and oxygen atoms in total. The summed E-state index contributed by atoms with van der Waals surface area (Å²) < 4.78 is 7.01. The molecular weight excluding hydrogens is 348 g/mol. The minimum atomic E-state index is -0.136. The molecule has 3 heterocycles. The molecule has 0 unspecified atom stereocenters. The van der Waals surface area contributed by atoms with Crippen LogP contribution in [0.25, 0.3) is 4.96 Å². The molecule has 26 heavy (non-hydrogen) atoms. The van der Waals surface area contributed by atoms with Crippen molar-refractivity contribution in [3.05, 3.63) is 87.2 Å². The Morgan fingerprint density at radius 1 is 1.23 bits per heavy atom. The molecule has 0 spiro atoms. The zero-order valence-corrected chi connectivity index (χ0v) is 15.1. The summed E-state index contributed by atoms with van der Waals surface area (Å²) in [6, 6.07) is 15.6. The molecule has 0 aliphatic carbocycles. The van der Waals surface area contributed by atoms with Crippen molar-refractivity contribution in [1.29, 1.82) is 0 Å². The molecule has 7 heteroatoms. The van der Waals surface area contributed by atoms with Crippen LogP contribution in [-0.4, -0.2) is 14.6 Å². The molecule has 1 aromatic carbocycles. The van der Waals surface area contributed by atoms with Gasteiger partial charge in [-0.05, 0) is 18.6 Å². The highest BCUT2D eigenvalue weighted by Gasteiger charge is 2.20. The van der Waals surface area contributed by atoms with E-state index in [0.29, 0.717) is 11.5 Å². The maximum atomic E-state index is 12.3. The van der Waals surface area contributed by atoms with Crippen LogP contribution in [0, 0.1) is 0 Å². The lowest BCUT2D eigenvalue weighted by Gasteiger charge is -2.13. The monoisotopic (exact) mass is 367 g/mol. The topological polar surface area (TPSA) is 77.0 Å². The van der Waals surface area contributed by atoms with E-state index < -0.39 is 0 Å². The first kappa shape index (κ1) is 16.7. The summed E-state index contributed by atoms with van der Waals surface area (Å²) in [6.45, 7) is 2.59. The first-order valence-corrected chi connectivity index (χ1v) is 9.36. The van der Waals surface area contributed by atoms with Crippen molar-refractivity contribution in [2.75, 3.05) is 0 Å². The number of nitrogens with two attached hydrogens (primary N) is 1. The van der Waals surface area contributed by atoms with Crippen molar-refractivity contribution in [2.24, 2.45) is 0 Å². The largest absolute Gasteiger partial charge is 0.463 e. The zero-order valence-electron chi connectivity index (χ0n) is 14.3. The van der Waals surface area contributed by atoms with E-state index in [-0.39, 0.29) is 11.6 Å². The number of furan rings is 1. The average molecular weight is 367 g/mol. The van der Waals surface area contributed by atoms with E-state index in [1.54, 1.807) is 12.3 Å². The summed E-state index contributed by atoms with van der Waals surface area (Å²) in [5.74, 6) is 0.875. The third kappa shape index (κ3) is 3.31. The predicted molar refractivity (Wildman–Crippen MR) is 99.1 cm³/mol. The first-order chi connectivity index (χ1) is 12.7. The maximum Gasteiger partial charge on any atom is 0.275 e. The molecule has 4 rings (SSSR count). The van der Waals surface area contributed by atoms with Crippen molar-refractivity contribution < 1.29 is 9.73 Å². The molecule has 0 saturated heterocycles. The minimum Gasteiger partial charge on any atom is -0.463 e. The lowest BCUT2D eigenvalue weighted by atomic mass is 10.0. The van der Waals surface area contributed by atoms with Gasteiger partial charge >= 0.3 is 0 Å². The number of hydrogen-bond acceptors (Lipinski definition) is 5. The lowest BCUT2D eigenvalue weighted by Crippen LogP contribution is -2.84. The van der Waals surface area contributed by atoms with Crippen LogP contribution >= 0.6 is 11.3 Å². The third-order valence-corrected chi connectivity index (χ3v) is 5.27. The van der Waals surface area contributed by atoms with Gasteiger partial charge in [-0.15, -0.1) is 0 Å². The Morgan fingerprint density at radius 3 is 2.81 bits per heavy atom. The number of aromatic nitrogens is 3. The number of nitrogens with zero attached hydrogens (tertiary/aromatic N) is 3. The Hall–Kier alpha value is -2.77. The van der Waals surface area contributed by atoms with Gasteiger partial charge in [0, 0.05) is 11.6 Å². The zero-order chi connectivity index (χ0) is 17.9. The van der Waals surface area contributed by atoms with E-state index in [2.05, 4.69) is 27.5 Å². The second-order valence-corrected chi connectivity index (χ2v) is 7.01. The number of rotatable bonds is 6. The lowest BCUT2D eigenvalue weighted by molar-refractivity contribution is -0.704. The second kappa shape index (κ2) is 7.23. The summed E-state index contributed by atoms with van der Waals surface area (Å²) in [4.78, 5) is 17.6. The second-order valence-electron chi connectivity index (χ2n) is 5.97. The van der Waals surface area contributed by atoms with E-state index in [0.717, 1.165) is 28.4 Å². The number of fused-ring (bicyclic) bond motifs is 1. The van der Waals surface area contributed by atoms with Gasteiger partial charge in [0.2, 0.25) is 4.96 Å². The SMILES string of the molecule is CCc1nn2c(=O)cc(C[NH2+][C@@H](c3ccccc3)c3ccco3)nc2s1. The fourth-order valence-electron chi connectivity index (χ4n) is 2.93. The fraction of sp³-hybridized carbons (Fsp3) is 0.211. The van der Waals surface area contributed by atoms with Crippen molar-refractivity contribution in [2.45, 2.75) is 25.9 Å². The third-order valence-electron chi connectivity index (χ3n) is 4.21. The van der Waals surface area contributed by atoms with Gasteiger partial charge in [-0.25, -0.2) is 4.98 Å². The average Bonchev–Trinajstić information content (AvgIpc) is 3.33. The van der Waals surface area contributed by atoms with Crippen LogP contribution in [0.15, 0.2) is 64.0 Å². The van der Waals surface area contributed by atoms with E-state index in [1.165, 1.54) is 15.9 Å². The first-order valence-electron chi connectivity index (χ1n) is 8.55. The van der Waals surface area contributed by atoms with Gasteiger partial charge in [0.1, 0.15) is 17.2 Å². The van der Waals surface area contributed by atoms with Crippen molar-refractivity contribution in [3.63, 3.8) is 0 Å². The molecule has 0 saturated carbocycles. The summed E-state index contributed by atoms with van der Waals surface area (Å²) in [6.07, 6.45) is 2.48. The molecule has 0 bridgehead atoms. The standard InChI is InChI=1S/C19H18N4O2S/c1-2-16-22-23-17(24)11-14(21-19(23)26-16)12-20-18(15-9-6-10-25-15)13-7-4-3-5-8-13/h3-11,18,20H,2,12H2,1H3/p+1/t18-/m0/s1. The van der Waals surface area contributed by atoms with Crippen LogP contribution in [0.5, 0.6) is 0 Å². The van der Waals surface area contributed by atoms with Gasteiger partial charge in [0.25, 0.3) is 5.56 Å². The van der Waals surface area contributed by atoms with Crippen LogP contribution in [0.1, 0.15) is 35.0 Å². The molecule has 0 fully saturated rings. The summed E-state index contributed by atoms with van der Waals surface area (Å²) in [5, 5.41) is 7.33. The van der Waals surface area contributed by atoms with Gasteiger partial charge in [-0.1, -0.05) is 48.6 Å². The molecule has 0 aliphatic heterocycles. The molecule has 1 atom stereocenters. The quantitative estimate of drug-likeness (QED) is 0.567. The molecule has 2 N–H and O–H groups in total. The Labute approximate surface area is 154 Å². The van der Waals surface area contributed by atoms with Crippen LogP contribution < -0.4 is 10.9 Å². The summed E-state index contributed by atoms with van der Waals surface area (Å²) in [5.41, 5.74) is 1.75. The molecule has 3 aromatic heterocycles. The summed E-state index contributed by atoms with van der Waals surface area (Å²) >= 11 is 1.46. The van der Waals surface area contributed by atoms with E-state index in [4.69, 9.17) is 4.42 Å². The van der Waals surface area contributed by atoms with E-state index in [1.807, 2.05) is 37.3 Å². The molecule has 132 valence electrons. The highest BCUT2D eigenvalue weighted by Crippen LogP contribution is 2.18. The van der Waals surface area contributed by atoms with E-state index in [9.17, 15) is 4.79 Å².